The number of hydrogen-bond acceptors (Lipinski definition) is 3. The minimum Gasteiger partial charge on any atom is -0.444 e. The Kier molecular flexibility index (Phi) is 6.64. The summed E-state index contributed by atoms with van der Waals surface area (Å²) in [6, 6.07) is 10.3. The van der Waals surface area contributed by atoms with E-state index in [4.69, 9.17) is 4.42 Å². The van der Waals surface area contributed by atoms with Gasteiger partial charge in [0.25, 0.3) is 0 Å². The third kappa shape index (κ3) is 4.82. The van der Waals surface area contributed by atoms with Crippen LogP contribution >= 0.6 is 24.0 Å². The second-order valence-corrected chi connectivity index (χ2v) is 5.22. The zero-order chi connectivity index (χ0) is 15.2. The highest BCUT2D eigenvalue weighted by Gasteiger charge is 2.12. The second kappa shape index (κ2) is 8.71. The first-order valence-electron chi connectivity index (χ1n) is 7.47. The summed E-state index contributed by atoms with van der Waals surface area (Å²) in [6.07, 6.45) is 8.15. The number of hydrogen-bond donors (Lipinski definition) is 2. The van der Waals surface area contributed by atoms with Crippen LogP contribution in [0.3, 0.4) is 0 Å². The molecule has 2 N–H and O–H groups in total. The lowest BCUT2D eigenvalue weighted by Gasteiger charge is -2.16. The highest BCUT2D eigenvalue weighted by Crippen LogP contribution is 2.17. The molecule has 6 heteroatoms. The molecule has 1 aromatic heterocycles. The Bertz CT molecular complexity index is 658. The van der Waals surface area contributed by atoms with Gasteiger partial charge in [-0.05, 0) is 25.0 Å². The molecule has 0 saturated heterocycles. The van der Waals surface area contributed by atoms with Gasteiger partial charge in [-0.25, -0.2) is 4.98 Å². The van der Waals surface area contributed by atoms with Gasteiger partial charge in [-0.1, -0.05) is 30.4 Å². The van der Waals surface area contributed by atoms with Gasteiger partial charge in [0, 0.05) is 18.7 Å². The molecule has 0 aliphatic heterocycles. The predicted octanol–water partition coefficient (Wildman–Crippen LogP) is 3.34. The molecule has 1 aliphatic rings. The number of aromatic nitrogens is 1. The maximum absolute atomic E-state index is 5.53. The molecule has 0 atom stereocenters. The van der Waals surface area contributed by atoms with Crippen molar-refractivity contribution in [3.05, 3.63) is 54.4 Å². The van der Waals surface area contributed by atoms with Crippen LogP contribution < -0.4 is 10.6 Å². The van der Waals surface area contributed by atoms with Crippen molar-refractivity contribution < 1.29 is 4.42 Å². The van der Waals surface area contributed by atoms with Crippen molar-refractivity contribution in [1.29, 1.82) is 0 Å². The standard InChI is InChI=1S/C17H20N4O.HI/c1-18-17(21-14-9-5-6-10-14)19-11-15-12-22-16(20-15)13-7-3-2-4-8-13;/h2-8,12,14H,9-11H2,1H3,(H2,18,19,21);1H. The van der Waals surface area contributed by atoms with Crippen molar-refractivity contribution in [2.75, 3.05) is 7.05 Å². The second-order valence-electron chi connectivity index (χ2n) is 5.22. The summed E-state index contributed by atoms with van der Waals surface area (Å²) in [7, 11) is 1.77. The fraction of sp³-hybridized carbons (Fsp3) is 0.294. The van der Waals surface area contributed by atoms with Crippen LogP contribution in [0.15, 0.2) is 58.2 Å². The van der Waals surface area contributed by atoms with Gasteiger partial charge in [-0.3, -0.25) is 4.99 Å². The summed E-state index contributed by atoms with van der Waals surface area (Å²) < 4.78 is 5.53. The molecule has 1 heterocycles. The Hall–Kier alpha value is -1.83. The number of benzene rings is 1. The van der Waals surface area contributed by atoms with E-state index in [1.54, 1.807) is 13.3 Å². The fourth-order valence-corrected chi connectivity index (χ4v) is 2.40. The van der Waals surface area contributed by atoms with Crippen LogP contribution in [0.2, 0.25) is 0 Å². The molecule has 3 rings (SSSR count). The average Bonchev–Trinajstić information content (AvgIpc) is 3.24. The van der Waals surface area contributed by atoms with E-state index in [1.165, 1.54) is 0 Å². The first kappa shape index (κ1) is 17.5. The number of guanidine groups is 1. The van der Waals surface area contributed by atoms with Crippen LogP contribution in [0.4, 0.5) is 0 Å². The zero-order valence-corrected chi connectivity index (χ0v) is 15.4. The van der Waals surface area contributed by atoms with Crippen molar-refractivity contribution in [3.63, 3.8) is 0 Å². The van der Waals surface area contributed by atoms with Crippen molar-refractivity contribution in [1.82, 2.24) is 15.6 Å². The first-order chi connectivity index (χ1) is 10.8. The molecule has 5 nitrogen and oxygen atoms in total. The summed E-state index contributed by atoms with van der Waals surface area (Å²) in [4.78, 5) is 8.73. The van der Waals surface area contributed by atoms with Crippen LogP contribution in [0.25, 0.3) is 11.5 Å². The molecule has 23 heavy (non-hydrogen) atoms. The molecule has 0 spiro atoms. The van der Waals surface area contributed by atoms with Crippen molar-refractivity contribution in [2.45, 2.75) is 25.4 Å². The van der Waals surface area contributed by atoms with Gasteiger partial charge < -0.3 is 15.1 Å². The number of halogens is 1. The molecule has 1 aromatic carbocycles. The van der Waals surface area contributed by atoms with Gasteiger partial charge >= 0.3 is 0 Å². The van der Waals surface area contributed by atoms with Crippen LogP contribution in [-0.2, 0) is 6.54 Å². The summed E-state index contributed by atoms with van der Waals surface area (Å²) in [6.45, 7) is 0.580. The van der Waals surface area contributed by atoms with E-state index in [2.05, 4.69) is 32.8 Å². The average molecular weight is 424 g/mol. The smallest absolute Gasteiger partial charge is 0.226 e. The number of nitrogens with one attached hydrogen (secondary N) is 2. The van der Waals surface area contributed by atoms with E-state index < -0.39 is 0 Å². The molecule has 0 radical (unpaired) electrons. The Labute approximate surface area is 153 Å². The number of oxazole rings is 1. The van der Waals surface area contributed by atoms with E-state index >= 15 is 0 Å². The molecular formula is C17H21IN4O. The molecular weight excluding hydrogens is 403 g/mol. The van der Waals surface area contributed by atoms with Gasteiger partial charge in [0.05, 0.1) is 12.2 Å². The number of rotatable bonds is 4. The number of aliphatic imine (C=N–C) groups is 1. The van der Waals surface area contributed by atoms with Gasteiger partial charge in [-0.2, -0.15) is 0 Å². The lowest BCUT2D eigenvalue weighted by Crippen LogP contribution is -2.42. The van der Waals surface area contributed by atoms with Gasteiger partial charge in [0.15, 0.2) is 5.96 Å². The lowest BCUT2D eigenvalue weighted by atomic mass is 10.2. The van der Waals surface area contributed by atoms with E-state index in [1.807, 2.05) is 30.3 Å². The van der Waals surface area contributed by atoms with E-state index in [9.17, 15) is 0 Å². The minimum atomic E-state index is 0. The van der Waals surface area contributed by atoms with Crippen LogP contribution in [-0.4, -0.2) is 24.0 Å². The monoisotopic (exact) mass is 424 g/mol. The number of nitrogens with zero attached hydrogens (tertiary/aromatic N) is 2. The van der Waals surface area contributed by atoms with Crippen molar-refractivity contribution in [2.24, 2.45) is 4.99 Å². The summed E-state index contributed by atoms with van der Waals surface area (Å²) in [5.74, 6) is 1.43. The van der Waals surface area contributed by atoms with Crippen LogP contribution in [0, 0.1) is 0 Å². The lowest BCUT2D eigenvalue weighted by molar-refractivity contribution is 0.571. The summed E-state index contributed by atoms with van der Waals surface area (Å²) in [5, 5.41) is 6.66. The quantitative estimate of drug-likeness (QED) is 0.342. The topological polar surface area (TPSA) is 62.5 Å². The minimum absolute atomic E-state index is 0. The van der Waals surface area contributed by atoms with E-state index in [0.717, 1.165) is 30.1 Å². The Morgan fingerprint density at radius 3 is 2.70 bits per heavy atom. The maximum Gasteiger partial charge on any atom is 0.226 e. The Morgan fingerprint density at radius 1 is 1.26 bits per heavy atom. The fourth-order valence-electron chi connectivity index (χ4n) is 2.40. The molecule has 0 unspecified atom stereocenters. The molecule has 0 saturated carbocycles. The first-order valence-corrected chi connectivity index (χ1v) is 7.47. The van der Waals surface area contributed by atoms with Crippen molar-refractivity contribution in [3.8, 4) is 11.5 Å². The maximum atomic E-state index is 5.53. The molecule has 0 bridgehead atoms. The predicted molar refractivity (Wildman–Crippen MR) is 103 cm³/mol. The summed E-state index contributed by atoms with van der Waals surface area (Å²) in [5.41, 5.74) is 1.83. The molecule has 0 fully saturated rings. The highest BCUT2D eigenvalue weighted by atomic mass is 127. The van der Waals surface area contributed by atoms with E-state index in [-0.39, 0.29) is 24.0 Å². The Balaban J connectivity index is 0.00000192. The SMILES string of the molecule is CN=C(NCc1coc(-c2ccccc2)n1)NC1CC=CC1.I. The van der Waals surface area contributed by atoms with Crippen LogP contribution in [0.5, 0.6) is 0 Å². The van der Waals surface area contributed by atoms with Gasteiger partial charge in [-0.15, -0.1) is 24.0 Å². The van der Waals surface area contributed by atoms with Gasteiger partial charge in [0.1, 0.15) is 6.26 Å². The third-order valence-electron chi connectivity index (χ3n) is 3.58. The highest BCUT2D eigenvalue weighted by molar-refractivity contribution is 14.0. The third-order valence-corrected chi connectivity index (χ3v) is 3.58. The normalized spacial score (nSPS) is 14.6. The molecule has 122 valence electrons. The van der Waals surface area contributed by atoms with Gasteiger partial charge in [0.2, 0.25) is 5.89 Å². The van der Waals surface area contributed by atoms with Crippen molar-refractivity contribution >= 4 is 29.9 Å². The zero-order valence-electron chi connectivity index (χ0n) is 13.0. The molecule has 2 aromatic rings. The van der Waals surface area contributed by atoms with E-state index in [0.29, 0.717) is 18.5 Å². The largest absolute Gasteiger partial charge is 0.444 e. The summed E-state index contributed by atoms with van der Waals surface area (Å²) >= 11 is 0. The molecule has 1 aliphatic carbocycles. The molecule has 0 amide bonds. The Morgan fingerprint density at radius 2 is 2.00 bits per heavy atom. The van der Waals surface area contributed by atoms with Crippen LogP contribution in [0.1, 0.15) is 18.5 Å².